The first-order chi connectivity index (χ1) is 35.6. The third-order valence-corrected chi connectivity index (χ3v) is 14.1. The van der Waals surface area contributed by atoms with E-state index in [9.17, 15) is 0 Å². The van der Waals surface area contributed by atoms with Crippen LogP contribution in [0.2, 0.25) is 0 Å². The number of aryl methyl sites for hydroxylation is 2. The Hall–Kier alpha value is -9.24. The van der Waals surface area contributed by atoms with E-state index in [0.29, 0.717) is 0 Å². The summed E-state index contributed by atoms with van der Waals surface area (Å²) >= 11 is 0. The average Bonchev–Trinajstić information content (AvgIpc) is 3.45. The van der Waals surface area contributed by atoms with Crippen molar-refractivity contribution in [3.8, 4) is 55.6 Å². The number of para-hydroxylation sites is 2. The molecule has 0 radical (unpaired) electrons. The zero-order chi connectivity index (χ0) is 48.4. The fourth-order valence-corrected chi connectivity index (χ4v) is 10.6. The molecule has 0 fully saturated rings. The van der Waals surface area contributed by atoms with E-state index in [0.717, 1.165) is 34.1 Å². The lowest BCUT2D eigenvalue weighted by Crippen LogP contribution is -2.13. The minimum Gasteiger partial charge on any atom is -0.310 e. The van der Waals surface area contributed by atoms with Crippen molar-refractivity contribution in [2.75, 3.05) is 9.80 Å². The highest BCUT2D eigenvalue weighted by atomic mass is 15.2. The Labute approximate surface area is 423 Å². The normalized spacial score (nSPS) is 11.2. The van der Waals surface area contributed by atoms with E-state index in [1.807, 2.05) is 0 Å². The van der Waals surface area contributed by atoms with Crippen LogP contribution in [0.15, 0.2) is 279 Å². The molecule has 0 amide bonds. The lowest BCUT2D eigenvalue weighted by molar-refractivity contribution is 1.24. The number of anilines is 6. The minimum atomic E-state index is 1.10. The van der Waals surface area contributed by atoms with Crippen LogP contribution in [0.25, 0.3) is 77.2 Å². The molecule has 0 aliphatic heterocycles. The summed E-state index contributed by atoms with van der Waals surface area (Å²) in [6.45, 7) is 4.49. The average molecular weight is 921 g/mol. The zero-order valence-electron chi connectivity index (χ0n) is 40.5. The Kier molecular flexibility index (Phi) is 11.8. The highest BCUT2D eigenvalue weighted by molar-refractivity contribution is 6.03. The standard InChI is InChI=1S/C70H52N2/c1-49-47-57(39-45-67(49)71(59-41-35-53(36-42-59)51-19-5-3-6-20-51)69-33-15-13-29-65(69)63-31-17-25-55-23-9-11-27-61(55)63)58-40-46-68(50(2)48-58)72(60-43-37-54(38-44-60)52-21-7-4-8-22-52)70-34-16-14-30-66(70)64-32-18-26-56-24-10-12-28-62(56)64/h3-48H,1-2H3. The van der Waals surface area contributed by atoms with Gasteiger partial charge in [-0.25, -0.2) is 0 Å². The number of rotatable bonds is 11. The molecule has 0 aliphatic rings. The molecule has 0 aliphatic carbocycles. The summed E-state index contributed by atoms with van der Waals surface area (Å²) in [5.41, 5.74) is 20.9. The molecule has 342 valence electrons. The third-order valence-electron chi connectivity index (χ3n) is 14.1. The first-order valence-electron chi connectivity index (χ1n) is 24.8. The molecule has 0 heterocycles. The molecule has 2 nitrogen and oxygen atoms in total. The highest BCUT2D eigenvalue weighted by Gasteiger charge is 2.23. The van der Waals surface area contributed by atoms with Gasteiger partial charge in [0.05, 0.1) is 11.4 Å². The fraction of sp³-hybridized carbons (Fsp3) is 0.0286. The van der Waals surface area contributed by atoms with Crippen molar-refractivity contribution >= 4 is 55.7 Å². The maximum atomic E-state index is 2.44. The molecule has 12 rings (SSSR count). The van der Waals surface area contributed by atoms with Crippen molar-refractivity contribution in [2.45, 2.75) is 13.8 Å². The van der Waals surface area contributed by atoms with E-state index < -0.39 is 0 Å². The van der Waals surface area contributed by atoms with Crippen LogP contribution in [0, 0.1) is 13.8 Å². The second kappa shape index (κ2) is 19.3. The summed E-state index contributed by atoms with van der Waals surface area (Å²) in [6, 6.07) is 101. The van der Waals surface area contributed by atoms with Crippen molar-refractivity contribution in [3.63, 3.8) is 0 Å². The molecule has 0 bridgehead atoms. The van der Waals surface area contributed by atoms with Gasteiger partial charge in [0.15, 0.2) is 0 Å². The molecular formula is C70H52N2. The van der Waals surface area contributed by atoms with E-state index in [1.165, 1.54) is 88.3 Å². The lowest BCUT2D eigenvalue weighted by Gasteiger charge is -2.30. The lowest BCUT2D eigenvalue weighted by atomic mass is 9.94. The quantitative estimate of drug-likeness (QED) is 0.128. The number of benzene rings is 12. The number of fused-ring (bicyclic) bond motifs is 2. The number of hydrogen-bond acceptors (Lipinski definition) is 2. The summed E-state index contributed by atoms with van der Waals surface area (Å²) in [7, 11) is 0. The predicted octanol–water partition coefficient (Wildman–Crippen LogP) is 19.9. The molecule has 72 heavy (non-hydrogen) atoms. The highest BCUT2D eigenvalue weighted by Crippen LogP contribution is 2.47. The molecule has 2 heteroatoms. The van der Waals surface area contributed by atoms with Gasteiger partial charge in [-0.05, 0) is 152 Å². The molecule has 12 aromatic carbocycles. The van der Waals surface area contributed by atoms with Crippen LogP contribution in [-0.2, 0) is 0 Å². The molecule has 0 saturated heterocycles. The third kappa shape index (κ3) is 8.40. The first-order valence-corrected chi connectivity index (χ1v) is 24.8. The van der Waals surface area contributed by atoms with Crippen LogP contribution < -0.4 is 9.80 Å². The van der Waals surface area contributed by atoms with Crippen LogP contribution in [0.3, 0.4) is 0 Å². The van der Waals surface area contributed by atoms with Crippen LogP contribution in [0.1, 0.15) is 11.1 Å². The predicted molar refractivity (Wildman–Crippen MR) is 307 cm³/mol. The van der Waals surface area contributed by atoms with Crippen molar-refractivity contribution in [2.24, 2.45) is 0 Å². The van der Waals surface area contributed by atoms with E-state index in [2.05, 4.69) is 303 Å². The van der Waals surface area contributed by atoms with Crippen LogP contribution in [0.5, 0.6) is 0 Å². The van der Waals surface area contributed by atoms with Crippen LogP contribution >= 0.6 is 0 Å². The Morgan fingerprint density at radius 1 is 0.222 bits per heavy atom. The Morgan fingerprint density at radius 3 is 0.958 bits per heavy atom. The minimum absolute atomic E-state index is 1.10. The van der Waals surface area contributed by atoms with Gasteiger partial charge in [0.25, 0.3) is 0 Å². The van der Waals surface area contributed by atoms with Gasteiger partial charge in [-0.1, -0.05) is 218 Å². The van der Waals surface area contributed by atoms with E-state index in [1.54, 1.807) is 0 Å². The van der Waals surface area contributed by atoms with Gasteiger partial charge in [0.2, 0.25) is 0 Å². The molecule has 12 aromatic rings. The molecule has 0 atom stereocenters. The fourth-order valence-electron chi connectivity index (χ4n) is 10.6. The van der Waals surface area contributed by atoms with Gasteiger partial charge >= 0.3 is 0 Å². The second-order valence-electron chi connectivity index (χ2n) is 18.6. The van der Waals surface area contributed by atoms with Gasteiger partial charge in [0, 0.05) is 33.9 Å². The molecule has 0 N–H and O–H groups in total. The van der Waals surface area contributed by atoms with Crippen molar-refractivity contribution in [3.05, 3.63) is 290 Å². The first kappa shape index (κ1) is 44.0. The molecule has 0 spiro atoms. The van der Waals surface area contributed by atoms with Gasteiger partial charge in [-0.3, -0.25) is 0 Å². The summed E-state index contributed by atoms with van der Waals surface area (Å²) in [5, 5.41) is 4.92. The van der Waals surface area contributed by atoms with E-state index >= 15 is 0 Å². The number of hydrogen-bond donors (Lipinski definition) is 0. The monoisotopic (exact) mass is 920 g/mol. The van der Waals surface area contributed by atoms with Gasteiger partial charge in [-0.15, -0.1) is 0 Å². The molecule has 0 aromatic heterocycles. The van der Waals surface area contributed by atoms with E-state index in [4.69, 9.17) is 0 Å². The molecule has 0 saturated carbocycles. The smallest absolute Gasteiger partial charge is 0.0540 e. The van der Waals surface area contributed by atoms with Crippen LogP contribution in [0.4, 0.5) is 34.1 Å². The number of nitrogens with zero attached hydrogens (tertiary/aromatic N) is 2. The van der Waals surface area contributed by atoms with Crippen molar-refractivity contribution in [1.82, 2.24) is 0 Å². The molecule has 0 unspecified atom stereocenters. The summed E-state index contributed by atoms with van der Waals surface area (Å²) in [4.78, 5) is 4.88. The van der Waals surface area contributed by atoms with Crippen molar-refractivity contribution in [1.29, 1.82) is 0 Å². The van der Waals surface area contributed by atoms with Crippen molar-refractivity contribution < 1.29 is 0 Å². The maximum Gasteiger partial charge on any atom is 0.0540 e. The van der Waals surface area contributed by atoms with Gasteiger partial charge < -0.3 is 9.80 Å². The Bertz CT molecular complexity index is 3610. The molecular weight excluding hydrogens is 869 g/mol. The SMILES string of the molecule is Cc1cc(-c2ccc(N(c3ccc(-c4ccccc4)cc3)c3ccccc3-c3cccc4ccccc34)c(C)c2)ccc1N(c1ccc(-c2ccccc2)cc1)c1ccccc1-c1cccc2ccccc12. The second-order valence-corrected chi connectivity index (χ2v) is 18.6. The Balaban J connectivity index is 0.958. The maximum absolute atomic E-state index is 2.44. The topological polar surface area (TPSA) is 6.48 Å². The largest absolute Gasteiger partial charge is 0.310 e. The summed E-state index contributed by atoms with van der Waals surface area (Å²) in [6.07, 6.45) is 0. The van der Waals surface area contributed by atoms with Gasteiger partial charge in [0.1, 0.15) is 0 Å². The summed E-state index contributed by atoms with van der Waals surface area (Å²) in [5.74, 6) is 0. The van der Waals surface area contributed by atoms with Gasteiger partial charge in [-0.2, -0.15) is 0 Å². The van der Waals surface area contributed by atoms with Crippen LogP contribution in [-0.4, -0.2) is 0 Å². The van der Waals surface area contributed by atoms with E-state index in [-0.39, 0.29) is 0 Å². The zero-order valence-corrected chi connectivity index (χ0v) is 40.5. The summed E-state index contributed by atoms with van der Waals surface area (Å²) < 4.78 is 0. The Morgan fingerprint density at radius 2 is 0.542 bits per heavy atom.